The second-order valence-corrected chi connectivity index (χ2v) is 9.80. The lowest BCUT2D eigenvalue weighted by molar-refractivity contribution is 0.0731. The van der Waals surface area contributed by atoms with Gasteiger partial charge in [0.05, 0.1) is 17.0 Å². The molecule has 2 bridgehead atoms. The van der Waals surface area contributed by atoms with Crippen LogP contribution >= 0.6 is 0 Å². The Kier molecular flexibility index (Phi) is 4.04. The second-order valence-electron chi connectivity index (χ2n) is 7.91. The van der Waals surface area contributed by atoms with E-state index in [0.717, 1.165) is 12.8 Å². The fraction of sp³-hybridized carbons (Fsp3) is 0.400. The Hall–Kier alpha value is -2.29. The minimum atomic E-state index is -3.75. The molecule has 146 valence electrons. The van der Waals surface area contributed by atoms with Gasteiger partial charge in [-0.1, -0.05) is 12.1 Å². The van der Waals surface area contributed by atoms with Crippen molar-refractivity contribution >= 4 is 21.6 Å². The van der Waals surface area contributed by atoms with Gasteiger partial charge in [-0.2, -0.15) is 4.31 Å². The minimum Gasteiger partial charge on any atom is -0.391 e. The number of fused-ring (bicyclic) bond motifs is 1. The Morgan fingerprint density at radius 2 is 2.00 bits per heavy atom. The molecule has 1 amide bonds. The SMILES string of the molecule is O=C(Nc1cccc(S(=O)(=O)N2C[C@@H]3C[C@H]4C[C@H]3[C@@H]2[C@@H]4O)c1)c1ccccn1. The molecular formula is C20H21N3O4S. The van der Waals surface area contributed by atoms with Gasteiger partial charge in [-0.3, -0.25) is 9.78 Å². The number of amides is 1. The highest BCUT2D eigenvalue weighted by Gasteiger charge is 2.61. The smallest absolute Gasteiger partial charge is 0.274 e. The van der Waals surface area contributed by atoms with Crippen molar-refractivity contribution in [2.75, 3.05) is 11.9 Å². The number of benzene rings is 1. The lowest BCUT2D eigenvalue weighted by Crippen LogP contribution is -2.43. The van der Waals surface area contributed by atoms with Crippen LogP contribution in [0, 0.1) is 17.8 Å². The minimum absolute atomic E-state index is 0.128. The molecule has 5 atom stereocenters. The van der Waals surface area contributed by atoms with Crippen molar-refractivity contribution in [3.63, 3.8) is 0 Å². The molecule has 0 unspecified atom stereocenters. The summed E-state index contributed by atoms with van der Waals surface area (Å²) in [5, 5.41) is 13.2. The first kappa shape index (κ1) is 17.8. The first-order valence-corrected chi connectivity index (χ1v) is 10.9. The number of anilines is 1. The number of rotatable bonds is 4. The van der Waals surface area contributed by atoms with Gasteiger partial charge in [0, 0.05) is 18.4 Å². The van der Waals surface area contributed by atoms with Crippen molar-refractivity contribution in [3.05, 3.63) is 54.4 Å². The largest absolute Gasteiger partial charge is 0.391 e. The molecule has 3 fully saturated rings. The van der Waals surface area contributed by atoms with Crippen LogP contribution < -0.4 is 5.32 Å². The molecule has 2 saturated carbocycles. The van der Waals surface area contributed by atoms with Crippen LogP contribution in [-0.4, -0.2) is 47.4 Å². The maximum Gasteiger partial charge on any atom is 0.274 e. The summed E-state index contributed by atoms with van der Waals surface area (Å²) in [6.07, 6.45) is 2.78. The number of sulfonamides is 1. The number of carbonyl (C=O) groups is 1. The molecule has 2 N–H and O–H groups in total. The molecule has 7 nitrogen and oxygen atoms in total. The van der Waals surface area contributed by atoms with E-state index in [9.17, 15) is 18.3 Å². The highest BCUT2D eigenvalue weighted by Crippen LogP contribution is 2.56. The van der Waals surface area contributed by atoms with Gasteiger partial charge >= 0.3 is 0 Å². The summed E-state index contributed by atoms with van der Waals surface area (Å²) in [5.74, 6) is 0.439. The molecule has 1 aromatic heterocycles. The highest BCUT2D eigenvalue weighted by atomic mass is 32.2. The third-order valence-electron chi connectivity index (χ3n) is 6.40. The monoisotopic (exact) mass is 399 g/mol. The number of aromatic nitrogens is 1. The van der Waals surface area contributed by atoms with E-state index in [-0.39, 0.29) is 28.5 Å². The quantitative estimate of drug-likeness (QED) is 0.816. The summed E-state index contributed by atoms with van der Waals surface area (Å²) in [7, 11) is -3.75. The van der Waals surface area contributed by atoms with Crippen molar-refractivity contribution in [1.29, 1.82) is 0 Å². The molecule has 28 heavy (non-hydrogen) atoms. The van der Waals surface area contributed by atoms with Crippen LogP contribution in [0.1, 0.15) is 23.3 Å². The van der Waals surface area contributed by atoms with Crippen molar-refractivity contribution in [2.24, 2.45) is 17.8 Å². The fourth-order valence-corrected chi connectivity index (χ4v) is 6.98. The summed E-state index contributed by atoms with van der Waals surface area (Å²) < 4.78 is 28.1. The summed E-state index contributed by atoms with van der Waals surface area (Å²) in [4.78, 5) is 16.4. The molecule has 2 aromatic rings. The first-order valence-electron chi connectivity index (χ1n) is 9.47. The molecule has 2 heterocycles. The second kappa shape index (κ2) is 6.37. The van der Waals surface area contributed by atoms with Gasteiger partial charge in [0.25, 0.3) is 5.91 Å². The van der Waals surface area contributed by atoms with Gasteiger partial charge in [0.15, 0.2) is 0 Å². The topological polar surface area (TPSA) is 99.6 Å². The van der Waals surface area contributed by atoms with Crippen LogP contribution in [0.25, 0.3) is 0 Å². The van der Waals surface area contributed by atoms with Gasteiger partial charge in [-0.25, -0.2) is 8.42 Å². The van der Waals surface area contributed by atoms with Crippen molar-refractivity contribution < 1.29 is 18.3 Å². The first-order chi connectivity index (χ1) is 13.4. The molecule has 1 aromatic carbocycles. The normalized spacial score (nSPS) is 31.2. The molecule has 3 aliphatic rings. The van der Waals surface area contributed by atoms with Crippen molar-refractivity contribution in [2.45, 2.75) is 29.9 Å². The van der Waals surface area contributed by atoms with Crippen LogP contribution in [-0.2, 0) is 10.0 Å². The van der Waals surface area contributed by atoms with Crippen LogP contribution in [0.4, 0.5) is 5.69 Å². The van der Waals surface area contributed by atoms with E-state index in [1.165, 1.54) is 22.6 Å². The summed E-state index contributed by atoms with van der Waals surface area (Å²) >= 11 is 0. The zero-order valence-electron chi connectivity index (χ0n) is 15.1. The Balaban J connectivity index is 1.41. The fourth-order valence-electron chi connectivity index (χ4n) is 5.20. The van der Waals surface area contributed by atoms with Crippen molar-refractivity contribution in [1.82, 2.24) is 9.29 Å². The standard InChI is InChI=1S/C20H21N3O4S/c24-19-12-8-13-11-23(18(19)16(13)9-12)28(26,27)15-5-3-4-14(10-15)22-20(25)17-6-1-2-7-21-17/h1-7,10,12-13,16,18-19,24H,8-9,11H2,(H,22,25)/t12-,13-,16+,18+,19+/m0/s1. The van der Waals surface area contributed by atoms with E-state index in [2.05, 4.69) is 10.3 Å². The number of nitrogens with zero attached hydrogens (tertiary/aromatic N) is 2. The summed E-state index contributed by atoms with van der Waals surface area (Å²) in [5.41, 5.74) is 0.649. The summed E-state index contributed by atoms with van der Waals surface area (Å²) in [6.45, 7) is 0.468. The third-order valence-corrected chi connectivity index (χ3v) is 8.26. The molecule has 0 spiro atoms. The Labute approximate surface area is 163 Å². The van der Waals surface area contributed by atoms with Crippen LogP contribution in [0.5, 0.6) is 0 Å². The van der Waals surface area contributed by atoms with Crippen LogP contribution in [0.2, 0.25) is 0 Å². The highest BCUT2D eigenvalue weighted by molar-refractivity contribution is 7.89. The molecule has 5 rings (SSSR count). The lowest BCUT2D eigenvalue weighted by atomic mass is 9.88. The molecule has 2 aliphatic carbocycles. The van der Waals surface area contributed by atoms with Crippen molar-refractivity contribution in [3.8, 4) is 0 Å². The number of carbonyl (C=O) groups excluding carboxylic acids is 1. The van der Waals surface area contributed by atoms with E-state index >= 15 is 0 Å². The Bertz CT molecular complexity index is 1020. The number of aliphatic hydroxyl groups is 1. The number of pyridine rings is 1. The zero-order valence-corrected chi connectivity index (χ0v) is 15.9. The van der Waals surface area contributed by atoms with E-state index in [4.69, 9.17) is 0 Å². The average Bonchev–Trinajstić information content (AvgIpc) is 3.32. The lowest BCUT2D eigenvalue weighted by Gasteiger charge is -2.28. The van der Waals surface area contributed by atoms with Gasteiger partial charge in [-0.05, 0) is 60.9 Å². The Morgan fingerprint density at radius 1 is 1.14 bits per heavy atom. The van der Waals surface area contributed by atoms with E-state index < -0.39 is 22.0 Å². The third kappa shape index (κ3) is 2.67. The van der Waals surface area contributed by atoms with Gasteiger partial charge in [0.2, 0.25) is 10.0 Å². The van der Waals surface area contributed by atoms with Gasteiger partial charge in [0.1, 0.15) is 5.69 Å². The predicted octanol–water partition coefficient (Wildman–Crippen LogP) is 1.72. The predicted molar refractivity (Wildman–Crippen MR) is 102 cm³/mol. The molecule has 8 heteroatoms. The van der Waals surface area contributed by atoms with E-state index in [1.807, 2.05) is 0 Å². The number of aliphatic hydroxyl groups excluding tert-OH is 1. The van der Waals surface area contributed by atoms with Gasteiger partial charge < -0.3 is 10.4 Å². The molecular weight excluding hydrogens is 378 g/mol. The number of hydrogen-bond acceptors (Lipinski definition) is 5. The zero-order chi connectivity index (χ0) is 19.5. The maximum absolute atomic E-state index is 13.3. The number of nitrogens with one attached hydrogen (secondary N) is 1. The molecule has 0 radical (unpaired) electrons. The van der Waals surface area contributed by atoms with Gasteiger partial charge in [-0.15, -0.1) is 0 Å². The summed E-state index contributed by atoms with van der Waals surface area (Å²) in [6, 6.07) is 11.0. The van der Waals surface area contributed by atoms with E-state index in [0.29, 0.717) is 18.2 Å². The average molecular weight is 399 g/mol. The van der Waals surface area contributed by atoms with Crippen LogP contribution in [0.15, 0.2) is 53.6 Å². The Morgan fingerprint density at radius 3 is 2.75 bits per heavy atom. The molecule has 1 saturated heterocycles. The molecule has 1 aliphatic heterocycles. The maximum atomic E-state index is 13.3. The van der Waals surface area contributed by atoms with Crippen LogP contribution in [0.3, 0.4) is 0 Å². The number of hydrogen-bond donors (Lipinski definition) is 2. The van der Waals surface area contributed by atoms with E-state index in [1.54, 1.807) is 30.3 Å².